The molecule has 1 N–H and O–H groups in total. The topological polar surface area (TPSA) is 93.7 Å². The van der Waals surface area contributed by atoms with Crippen molar-refractivity contribution in [2.45, 2.75) is 18.5 Å². The van der Waals surface area contributed by atoms with Crippen LogP contribution in [0.25, 0.3) is 11.3 Å². The first-order valence-corrected chi connectivity index (χ1v) is 10.3. The van der Waals surface area contributed by atoms with Crippen molar-refractivity contribution in [3.8, 4) is 11.3 Å². The molecule has 0 radical (unpaired) electrons. The number of nitrogens with one attached hydrogen (secondary N) is 1. The van der Waals surface area contributed by atoms with Gasteiger partial charge in [-0.2, -0.15) is 0 Å². The first-order chi connectivity index (χ1) is 15.1. The average molecular weight is 439 g/mol. The number of hydrogen-bond acceptors (Lipinski definition) is 6. The Balaban J connectivity index is 1.72. The van der Waals surface area contributed by atoms with E-state index in [2.05, 4.69) is 15.2 Å². The summed E-state index contributed by atoms with van der Waals surface area (Å²) >= 11 is 5.61. The van der Waals surface area contributed by atoms with E-state index in [4.69, 9.17) is 21.4 Å². The molecular weight excluding hydrogens is 416 g/mol. The minimum absolute atomic E-state index is 0.00157. The molecule has 2 atom stereocenters. The number of nitro benzene ring substituents is 1. The van der Waals surface area contributed by atoms with Gasteiger partial charge in [-0.15, -0.1) is 0 Å². The molecule has 0 amide bonds. The molecule has 31 heavy (non-hydrogen) atoms. The van der Waals surface area contributed by atoms with Gasteiger partial charge in [0.25, 0.3) is 5.69 Å². The molecule has 1 saturated heterocycles. The summed E-state index contributed by atoms with van der Waals surface area (Å²) in [6, 6.07) is 15.5. The summed E-state index contributed by atoms with van der Waals surface area (Å²) in [6.07, 6.45) is 2.53. The van der Waals surface area contributed by atoms with Gasteiger partial charge in [0.05, 0.1) is 22.2 Å². The maximum Gasteiger partial charge on any atom is 0.280 e. The Hall–Kier alpha value is -3.30. The third kappa shape index (κ3) is 4.28. The normalized spacial score (nSPS) is 18.2. The Bertz CT molecular complexity index is 1070. The summed E-state index contributed by atoms with van der Waals surface area (Å²) in [6.45, 7) is 1.29. The highest BCUT2D eigenvalue weighted by molar-refractivity contribution is 7.80. The molecule has 1 aromatic carbocycles. The van der Waals surface area contributed by atoms with Crippen LogP contribution in [0.2, 0.25) is 0 Å². The molecule has 0 saturated carbocycles. The van der Waals surface area contributed by atoms with Crippen LogP contribution in [0.1, 0.15) is 30.0 Å². The monoisotopic (exact) mass is 438 g/mol. The fourth-order valence-corrected chi connectivity index (χ4v) is 4.16. The van der Waals surface area contributed by atoms with Gasteiger partial charge in [0.15, 0.2) is 5.11 Å². The van der Waals surface area contributed by atoms with Gasteiger partial charge in [0.2, 0.25) is 0 Å². The van der Waals surface area contributed by atoms with Crippen LogP contribution in [0, 0.1) is 10.1 Å². The lowest BCUT2D eigenvalue weighted by molar-refractivity contribution is -0.384. The van der Waals surface area contributed by atoms with Crippen LogP contribution in [0.4, 0.5) is 5.69 Å². The standard InChI is InChI=1S/C22H22N4O4S/c1-29-14-6-13-25-21(20(24-22(25)31)16-8-4-5-12-23-16)19-11-10-18(30-19)15-7-2-3-9-17(15)26(27)28/h2-5,7-12,20-21H,6,13-14H2,1H3,(H,24,31)/t20-,21-/m0/s1. The molecule has 3 heterocycles. The number of nitro groups is 1. The van der Waals surface area contributed by atoms with Crippen LogP contribution in [-0.4, -0.2) is 40.2 Å². The van der Waals surface area contributed by atoms with Gasteiger partial charge in [-0.1, -0.05) is 18.2 Å². The summed E-state index contributed by atoms with van der Waals surface area (Å²) in [5.41, 5.74) is 1.28. The number of pyridine rings is 1. The predicted molar refractivity (Wildman–Crippen MR) is 119 cm³/mol. The number of furan rings is 1. The highest BCUT2D eigenvalue weighted by Crippen LogP contribution is 2.41. The van der Waals surface area contributed by atoms with Gasteiger partial charge in [-0.3, -0.25) is 15.1 Å². The number of nitrogens with zero attached hydrogens (tertiary/aromatic N) is 3. The van der Waals surface area contributed by atoms with E-state index in [0.717, 1.165) is 12.1 Å². The van der Waals surface area contributed by atoms with Crippen LogP contribution >= 0.6 is 12.2 Å². The van der Waals surface area contributed by atoms with Crippen LogP contribution in [0.3, 0.4) is 0 Å². The van der Waals surface area contributed by atoms with Gasteiger partial charge in [-0.05, 0) is 49.0 Å². The second kappa shape index (κ2) is 9.23. The molecular formula is C22H22N4O4S. The Morgan fingerprint density at radius 1 is 1.23 bits per heavy atom. The SMILES string of the molecule is COCCCN1C(=S)N[C@@H](c2ccccn2)[C@@H]1c1ccc(-c2ccccc2[N+](=O)[O-])o1. The number of para-hydroxylation sites is 1. The fraction of sp³-hybridized carbons (Fsp3) is 0.273. The van der Waals surface area contributed by atoms with Gasteiger partial charge in [0, 0.05) is 32.5 Å². The largest absolute Gasteiger partial charge is 0.459 e. The highest BCUT2D eigenvalue weighted by atomic mass is 32.1. The number of thiocarbonyl (C=S) groups is 1. The van der Waals surface area contributed by atoms with Crippen LogP contribution in [0.5, 0.6) is 0 Å². The zero-order chi connectivity index (χ0) is 21.8. The first-order valence-electron chi connectivity index (χ1n) is 9.90. The molecule has 1 aliphatic rings. The first kappa shape index (κ1) is 21.0. The zero-order valence-corrected chi connectivity index (χ0v) is 17.7. The molecule has 0 aliphatic carbocycles. The highest BCUT2D eigenvalue weighted by Gasteiger charge is 2.41. The van der Waals surface area contributed by atoms with E-state index < -0.39 is 4.92 Å². The van der Waals surface area contributed by atoms with Crippen molar-refractivity contribution in [1.82, 2.24) is 15.2 Å². The zero-order valence-electron chi connectivity index (χ0n) is 16.9. The molecule has 1 fully saturated rings. The summed E-state index contributed by atoms with van der Waals surface area (Å²) in [4.78, 5) is 17.6. The van der Waals surface area contributed by atoms with Crippen LogP contribution in [-0.2, 0) is 4.74 Å². The molecule has 4 rings (SSSR count). The molecule has 3 aromatic rings. The Morgan fingerprint density at radius 2 is 2.03 bits per heavy atom. The molecule has 9 heteroatoms. The van der Waals surface area contributed by atoms with Crippen LogP contribution < -0.4 is 5.32 Å². The summed E-state index contributed by atoms with van der Waals surface area (Å²) in [5, 5.41) is 15.4. The van der Waals surface area contributed by atoms with Gasteiger partial charge >= 0.3 is 0 Å². The van der Waals surface area contributed by atoms with E-state index in [0.29, 0.717) is 35.3 Å². The number of hydrogen-bond donors (Lipinski definition) is 1. The van der Waals surface area contributed by atoms with Crippen molar-refractivity contribution < 1.29 is 14.1 Å². The smallest absolute Gasteiger partial charge is 0.280 e. The average Bonchev–Trinajstić information content (AvgIpc) is 3.39. The maximum atomic E-state index is 11.4. The van der Waals surface area contributed by atoms with Crippen LogP contribution in [0.15, 0.2) is 65.2 Å². The van der Waals surface area contributed by atoms with E-state index in [1.807, 2.05) is 24.3 Å². The van der Waals surface area contributed by atoms with E-state index in [1.165, 1.54) is 6.07 Å². The molecule has 0 spiro atoms. The second-order valence-corrected chi connectivity index (χ2v) is 7.53. The number of benzene rings is 1. The summed E-state index contributed by atoms with van der Waals surface area (Å²) in [5.74, 6) is 1.10. The van der Waals surface area contributed by atoms with Crippen molar-refractivity contribution in [1.29, 1.82) is 0 Å². The number of ether oxygens (including phenoxy) is 1. The Labute approximate surface area is 185 Å². The number of methoxy groups -OCH3 is 1. The van der Waals surface area contributed by atoms with Gasteiger partial charge in [0.1, 0.15) is 17.6 Å². The van der Waals surface area contributed by atoms with Gasteiger partial charge < -0.3 is 19.4 Å². The molecule has 0 unspecified atom stereocenters. The lowest BCUT2D eigenvalue weighted by Crippen LogP contribution is -2.31. The number of rotatable bonds is 8. The summed E-state index contributed by atoms with van der Waals surface area (Å²) < 4.78 is 11.4. The van der Waals surface area contributed by atoms with E-state index in [9.17, 15) is 10.1 Å². The van der Waals surface area contributed by atoms with Crippen molar-refractivity contribution >= 4 is 23.0 Å². The van der Waals surface area contributed by atoms with E-state index in [-0.39, 0.29) is 17.8 Å². The third-order valence-corrected chi connectivity index (χ3v) is 5.58. The lowest BCUT2D eigenvalue weighted by Gasteiger charge is -2.25. The third-order valence-electron chi connectivity index (χ3n) is 5.23. The molecule has 2 aromatic heterocycles. The maximum absolute atomic E-state index is 11.4. The fourth-order valence-electron chi connectivity index (χ4n) is 3.83. The molecule has 0 bridgehead atoms. The summed E-state index contributed by atoms with van der Waals surface area (Å²) in [7, 11) is 1.67. The lowest BCUT2D eigenvalue weighted by atomic mass is 10.0. The van der Waals surface area contributed by atoms with Crippen molar-refractivity contribution in [2.24, 2.45) is 0 Å². The molecule has 160 valence electrons. The predicted octanol–water partition coefficient (Wildman–Crippen LogP) is 4.26. The number of aromatic nitrogens is 1. The quantitative estimate of drug-likeness (QED) is 0.241. The van der Waals surface area contributed by atoms with E-state index in [1.54, 1.807) is 37.6 Å². The molecule has 8 nitrogen and oxygen atoms in total. The second-order valence-electron chi connectivity index (χ2n) is 7.14. The van der Waals surface area contributed by atoms with Gasteiger partial charge in [-0.25, -0.2) is 0 Å². The van der Waals surface area contributed by atoms with Crippen molar-refractivity contribution in [3.63, 3.8) is 0 Å². The minimum Gasteiger partial charge on any atom is -0.459 e. The van der Waals surface area contributed by atoms with Crippen molar-refractivity contribution in [3.05, 3.63) is 82.4 Å². The Morgan fingerprint density at radius 3 is 2.77 bits per heavy atom. The Kier molecular flexibility index (Phi) is 6.24. The van der Waals surface area contributed by atoms with E-state index >= 15 is 0 Å². The van der Waals surface area contributed by atoms with Crippen molar-refractivity contribution in [2.75, 3.05) is 20.3 Å². The molecule has 1 aliphatic heterocycles. The minimum atomic E-state index is -0.405.